The SMILES string of the molecule is CC[C@H](C(=O)NC1CCCC1)N(Cc1cccc(OC)c1)C(=O)Cc1ccc(OC)cc1. The van der Waals surface area contributed by atoms with Crippen LogP contribution in [0.1, 0.15) is 50.2 Å². The number of methoxy groups -OCH3 is 2. The third kappa shape index (κ3) is 6.25. The van der Waals surface area contributed by atoms with Gasteiger partial charge in [0, 0.05) is 12.6 Å². The van der Waals surface area contributed by atoms with E-state index in [0.717, 1.165) is 48.3 Å². The van der Waals surface area contributed by atoms with Crippen LogP contribution in [-0.4, -0.2) is 43.0 Å². The molecule has 0 aliphatic heterocycles. The van der Waals surface area contributed by atoms with Gasteiger partial charge in [0.1, 0.15) is 17.5 Å². The third-order valence-corrected chi connectivity index (χ3v) is 6.09. The summed E-state index contributed by atoms with van der Waals surface area (Å²) in [6.07, 6.45) is 5.09. The number of amides is 2. The van der Waals surface area contributed by atoms with E-state index in [9.17, 15) is 9.59 Å². The van der Waals surface area contributed by atoms with Crippen LogP contribution in [-0.2, 0) is 22.6 Å². The van der Waals surface area contributed by atoms with Crippen LogP contribution in [0.15, 0.2) is 48.5 Å². The summed E-state index contributed by atoms with van der Waals surface area (Å²) in [7, 11) is 3.24. The summed E-state index contributed by atoms with van der Waals surface area (Å²) in [5.41, 5.74) is 1.82. The average molecular weight is 439 g/mol. The van der Waals surface area contributed by atoms with Gasteiger partial charge in [-0.3, -0.25) is 9.59 Å². The van der Waals surface area contributed by atoms with Gasteiger partial charge >= 0.3 is 0 Å². The zero-order chi connectivity index (χ0) is 22.9. The first-order chi connectivity index (χ1) is 15.5. The maximum absolute atomic E-state index is 13.5. The molecule has 32 heavy (non-hydrogen) atoms. The highest BCUT2D eigenvalue weighted by molar-refractivity contribution is 5.88. The van der Waals surface area contributed by atoms with E-state index in [0.29, 0.717) is 13.0 Å². The monoisotopic (exact) mass is 438 g/mol. The normalized spacial score (nSPS) is 14.6. The molecule has 0 heterocycles. The maximum Gasteiger partial charge on any atom is 0.243 e. The van der Waals surface area contributed by atoms with Gasteiger partial charge in [-0.15, -0.1) is 0 Å². The Labute approximate surface area is 190 Å². The van der Waals surface area contributed by atoms with Gasteiger partial charge in [0.15, 0.2) is 0 Å². The van der Waals surface area contributed by atoms with Gasteiger partial charge in [-0.05, 0) is 54.7 Å². The van der Waals surface area contributed by atoms with Crippen LogP contribution >= 0.6 is 0 Å². The smallest absolute Gasteiger partial charge is 0.243 e. The Morgan fingerprint density at radius 3 is 2.31 bits per heavy atom. The molecule has 0 saturated heterocycles. The second-order valence-electron chi connectivity index (χ2n) is 8.31. The Morgan fingerprint density at radius 1 is 1.00 bits per heavy atom. The Bertz CT molecular complexity index is 891. The fraction of sp³-hybridized carbons (Fsp3) is 0.462. The van der Waals surface area contributed by atoms with Gasteiger partial charge < -0.3 is 19.7 Å². The lowest BCUT2D eigenvalue weighted by Gasteiger charge is -2.31. The van der Waals surface area contributed by atoms with Gasteiger partial charge in [-0.2, -0.15) is 0 Å². The van der Waals surface area contributed by atoms with Crippen molar-refractivity contribution in [1.82, 2.24) is 10.2 Å². The van der Waals surface area contributed by atoms with E-state index in [1.54, 1.807) is 19.1 Å². The Hall–Kier alpha value is -3.02. The summed E-state index contributed by atoms with van der Waals surface area (Å²) in [5, 5.41) is 3.18. The first-order valence-corrected chi connectivity index (χ1v) is 11.4. The highest BCUT2D eigenvalue weighted by atomic mass is 16.5. The standard InChI is InChI=1S/C26H34N2O4/c1-4-24(26(30)27-21-9-5-6-10-21)28(18-20-8-7-11-23(16-20)32-3)25(29)17-19-12-14-22(31-2)15-13-19/h7-8,11-16,21,24H,4-6,9-10,17-18H2,1-3H3,(H,27,30)/t24-/m1/s1. The van der Waals surface area contributed by atoms with Crippen LogP contribution in [0.5, 0.6) is 11.5 Å². The molecule has 1 atom stereocenters. The van der Waals surface area contributed by atoms with E-state index >= 15 is 0 Å². The number of benzene rings is 2. The van der Waals surface area contributed by atoms with E-state index in [1.165, 1.54) is 0 Å². The number of hydrogen-bond acceptors (Lipinski definition) is 4. The molecule has 0 aromatic heterocycles. The number of ether oxygens (including phenoxy) is 2. The quantitative estimate of drug-likeness (QED) is 0.606. The van der Waals surface area contributed by atoms with Crippen molar-refractivity contribution in [3.8, 4) is 11.5 Å². The number of nitrogens with one attached hydrogen (secondary N) is 1. The maximum atomic E-state index is 13.5. The van der Waals surface area contributed by atoms with E-state index in [1.807, 2.05) is 55.5 Å². The highest BCUT2D eigenvalue weighted by Gasteiger charge is 2.30. The molecular formula is C26H34N2O4. The van der Waals surface area contributed by atoms with Crippen LogP contribution in [0.4, 0.5) is 0 Å². The number of carbonyl (C=O) groups is 2. The lowest BCUT2D eigenvalue weighted by atomic mass is 10.1. The second-order valence-corrected chi connectivity index (χ2v) is 8.31. The van der Waals surface area contributed by atoms with Crippen molar-refractivity contribution in [3.05, 3.63) is 59.7 Å². The van der Waals surface area contributed by atoms with E-state index in [2.05, 4.69) is 5.32 Å². The molecule has 6 nitrogen and oxygen atoms in total. The molecule has 6 heteroatoms. The molecule has 3 rings (SSSR count). The number of rotatable bonds is 10. The minimum Gasteiger partial charge on any atom is -0.497 e. The van der Waals surface area contributed by atoms with Crippen LogP contribution < -0.4 is 14.8 Å². The molecule has 2 amide bonds. The molecule has 1 saturated carbocycles. The van der Waals surface area contributed by atoms with Crippen molar-refractivity contribution in [2.75, 3.05) is 14.2 Å². The average Bonchev–Trinajstić information content (AvgIpc) is 3.32. The van der Waals surface area contributed by atoms with E-state index < -0.39 is 6.04 Å². The molecule has 1 aliphatic carbocycles. The number of nitrogens with zero attached hydrogens (tertiary/aromatic N) is 1. The van der Waals surface area contributed by atoms with Gasteiger partial charge in [-0.25, -0.2) is 0 Å². The van der Waals surface area contributed by atoms with Crippen molar-refractivity contribution < 1.29 is 19.1 Å². The molecule has 1 aliphatic rings. The number of carbonyl (C=O) groups excluding carboxylic acids is 2. The summed E-state index contributed by atoms with van der Waals surface area (Å²) >= 11 is 0. The molecule has 1 fully saturated rings. The van der Waals surface area contributed by atoms with Crippen molar-refractivity contribution in [3.63, 3.8) is 0 Å². The Balaban J connectivity index is 1.81. The molecule has 2 aromatic rings. The fourth-order valence-corrected chi connectivity index (χ4v) is 4.27. The first kappa shape index (κ1) is 23.6. The van der Waals surface area contributed by atoms with Gasteiger partial charge in [-0.1, -0.05) is 44.0 Å². The zero-order valence-corrected chi connectivity index (χ0v) is 19.3. The second kappa shape index (κ2) is 11.6. The van der Waals surface area contributed by atoms with E-state index in [-0.39, 0.29) is 24.3 Å². The van der Waals surface area contributed by atoms with Gasteiger partial charge in [0.05, 0.1) is 20.6 Å². The van der Waals surface area contributed by atoms with Crippen LogP contribution in [0, 0.1) is 0 Å². The molecule has 0 radical (unpaired) electrons. The Morgan fingerprint density at radius 2 is 1.69 bits per heavy atom. The van der Waals surface area contributed by atoms with Crippen LogP contribution in [0.3, 0.4) is 0 Å². The summed E-state index contributed by atoms with van der Waals surface area (Å²) in [6, 6.07) is 14.8. The summed E-state index contributed by atoms with van der Waals surface area (Å²) in [5.74, 6) is 1.34. The number of hydrogen-bond donors (Lipinski definition) is 1. The Kier molecular flexibility index (Phi) is 8.54. The molecule has 0 bridgehead atoms. The van der Waals surface area contributed by atoms with Crippen LogP contribution in [0.25, 0.3) is 0 Å². The summed E-state index contributed by atoms with van der Waals surface area (Å²) in [6.45, 7) is 2.31. The molecule has 172 valence electrons. The van der Waals surface area contributed by atoms with Crippen molar-refractivity contribution >= 4 is 11.8 Å². The van der Waals surface area contributed by atoms with Crippen molar-refractivity contribution in [1.29, 1.82) is 0 Å². The van der Waals surface area contributed by atoms with E-state index in [4.69, 9.17) is 9.47 Å². The van der Waals surface area contributed by atoms with Crippen molar-refractivity contribution in [2.24, 2.45) is 0 Å². The predicted molar refractivity (Wildman–Crippen MR) is 125 cm³/mol. The van der Waals surface area contributed by atoms with Gasteiger partial charge in [0.25, 0.3) is 0 Å². The predicted octanol–water partition coefficient (Wildman–Crippen LogP) is 4.11. The lowest BCUT2D eigenvalue weighted by molar-refractivity contribution is -0.141. The lowest BCUT2D eigenvalue weighted by Crippen LogP contribution is -2.51. The molecule has 0 unspecified atom stereocenters. The molecular weight excluding hydrogens is 404 g/mol. The third-order valence-electron chi connectivity index (χ3n) is 6.09. The topological polar surface area (TPSA) is 67.9 Å². The molecule has 1 N–H and O–H groups in total. The zero-order valence-electron chi connectivity index (χ0n) is 19.3. The summed E-state index contributed by atoms with van der Waals surface area (Å²) < 4.78 is 10.6. The van der Waals surface area contributed by atoms with Gasteiger partial charge in [0.2, 0.25) is 11.8 Å². The fourth-order valence-electron chi connectivity index (χ4n) is 4.27. The molecule has 2 aromatic carbocycles. The minimum absolute atomic E-state index is 0.0645. The highest BCUT2D eigenvalue weighted by Crippen LogP contribution is 2.21. The largest absolute Gasteiger partial charge is 0.497 e. The molecule has 0 spiro atoms. The van der Waals surface area contributed by atoms with Crippen LogP contribution in [0.2, 0.25) is 0 Å². The first-order valence-electron chi connectivity index (χ1n) is 11.4. The summed E-state index contributed by atoms with van der Waals surface area (Å²) in [4.78, 5) is 28.3. The minimum atomic E-state index is -0.521. The van der Waals surface area contributed by atoms with Crippen molar-refractivity contribution in [2.45, 2.75) is 64.1 Å².